The molecule has 0 aromatic heterocycles. The fourth-order valence-electron chi connectivity index (χ4n) is 2.97. The van der Waals surface area contributed by atoms with E-state index < -0.39 is 0 Å². The molecule has 0 bridgehead atoms. The Bertz CT molecular complexity index is 1020. The third-order valence-electron chi connectivity index (χ3n) is 4.62. The first-order valence-corrected chi connectivity index (χ1v) is 11.0. The van der Waals surface area contributed by atoms with Crippen LogP contribution in [0.3, 0.4) is 0 Å². The minimum absolute atomic E-state index is 0.0946. The van der Waals surface area contributed by atoms with Gasteiger partial charge in [-0.05, 0) is 61.0 Å². The molecule has 3 N–H and O–H groups in total. The van der Waals surface area contributed by atoms with Crippen LogP contribution in [0.5, 0.6) is 11.5 Å². The lowest BCUT2D eigenvalue weighted by molar-refractivity contribution is -0.114. The Hall–Kier alpha value is -4.00. The molecule has 0 aliphatic rings. The van der Waals surface area contributed by atoms with Crippen molar-refractivity contribution in [1.29, 1.82) is 0 Å². The van der Waals surface area contributed by atoms with Gasteiger partial charge in [-0.1, -0.05) is 31.2 Å². The van der Waals surface area contributed by atoms with Crippen LogP contribution in [0.15, 0.2) is 78.9 Å². The zero-order valence-electron chi connectivity index (χ0n) is 18.7. The number of carbonyl (C=O) groups is 2. The summed E-state index contributed by atoms with van der Waals surface area (Å²) in [5.74, 6) is 1.17. The van der Waals surface area contributed by atoms with Crippen LogP contribution in [-0.4, -0.2) is 38.1 Å². The summed E-state index contributed by atoms with van der Waals surface area (Å²) >= 11 is 0. The molecule has 0 saturated heterocycles. The maximum absolute atomic E-state index is 12.3. The van der Waals surface area contributed by atoms with Gasteiger partial charge in [-0.25, -0.2) is 0 Å². The van der Waals surface area contributed by atoms with Gasteiger partial charge >= 0.3 is 0 Å². The number of ether oxygens (including phenoxy) is 2. The average Bonchev–Trinajstić information content (AvgIpc) is 2.85. The predicted octanol–water partition coefficient (Wildman–Crippen LogP) is 4.33. The van der Waals surface area contributed by atoms with Gasteiger partial charge in [0.25, 0.3) is 5.91 Å². The molecule has 7 heteroatoms. The van der Waals surface area contributed by atoms with E-state index in [1.165, 1.54) is 0 Å². The van der Waals surface area contributed by atoms with Gasteiger partial charge < -0.3 is 25.4 Å². The van der Waals surface area contributed by atoms with Crippen LogP contribution in [0.1, 0.15) is 23.7 Å². The van der Waals surface area contributed by atoms with Crippen molar-refractivity contribution in [1.82, 2.24) is 5.32 Å². The molecule has 0 fully saturated rings. The van der Waals surface area contributed by atoms with Gasteiger partial charge in [-0.15, -0.1) is 0 Å². The summed E-state index contributed by atoms with van der Waals surface area (Å²) < 4.78 is 11.3. The maximum Gasteiger partial charge on any atom is 0.251 e. The topological polar surface area (TPSA) is 88.7 Å². The molecule has 33 heavy (non-hydrogen) atoms. The number of carbonyl (C=O) groups excluding carboxylic acids is 2. The average molecular weight is 448 g/mol. The Balaban J connectivity index is 1.39. The summed E-state index contributed by atoms with van der Waals surface area (Å²) in [7, 11) is 0. The molecule has 172 valence electrons. The van der Waals surface area contributed by atoms with Crippen molar-refractivity contribution in [3.63, 3.8) is 0 Å². The van der Waals surface area contributed by atoms with E-state index in [1.54, 1.807) is 24.3 Å². The second-order valence-corrected chi connectivity index (χ2v) is 7.27. The molecule has 3 rings (SSSR count). The molecule has 0 spiro atoms. The van der Waals surface area contributed by atoms with Crippen LogP contribution in [0, 0.1) is 0 Å². The zero-order chi connectivity index (χ0) is 23.3. The predicted molar refractivity (Wildman–Crippen MR) is 130 cm³/mol. The van der Waals surface area contributed by atoms with E-state index in [9.17, 15) is 9.59 Å². The van der Waals surface area contributed by atoms with Gasteiger partial charge in [0, 0.05) is 23.5 Å². The standard InChI is InChI=1S/C26H29N3O4/c1-2-15-27-26(31)20-7-6-8-22(18-20)29-25(30)19-28-21-11-13-24(14-12-21)33-17-16-32-23-9-4-3-5-10-23/h3-14,18,28H,2,15-17,19H2,1H3,(H,27,31)(H,29,30). The lowest BCUT2D eigenvalue weighted by atomic mass is 10.2. The van der Waals surface area contributed by atoms with Crippen molar-refractivity contribution >= 4 is 23.2 Å². The van der Waals surface area contributed by atoms with Gasteiger partial charge in [0.05, 0.1) is 6.54 Å². The first-order chi connectivity index (χ1) is 16.1. The summed E-state index contributed by atoms with van der Waals surface area (Å²) in [5, 5.41) is 8.70. The molecule has 0 aliphatic carbocycles. The Kier molecular flexibility index (Phi) is 9.15. The number of anilines is 2. The number of amides is 2. The molecule has 3 aromatic carbocycles. The lowest BCUT2D eigenvalue weighted by Crippen LogP contribution is -2.24. The molecule has 0 aliphatic heterocycles. The highest BCUT2D eigenvalue weighted by Gasteiger charge is 2.07. The molecular formula is C26H29N3O4. The second kappa shape index (κ2) is 12.8. The fourth-order valence-corrected chi connectivity index (χ4v) is 2.97. The number of hydrogen-bond donors (Lipinski definition) is 3. The third-order valence-corrected chi connectivity index (χ3v) is 4.62. The third kappa shape index (κ3) is 8.22. The Labute approximate surface area is 194 Å². The van der Waals surface area contributed by atoms with Crippen LogP contribution in [-0.2, 0) is 4.79 Å². The first kappa shape index (κ1) is 23.7. The van der Waals surface area contributed by atoms with Gasteiger partial charge in [-0.2, -0.15) is 0 Å². The van der Waals surface area contributed by atoms with Crippen molar-refractivity contribution in [2.24, 2.45) is 0 Å². The highest BCUT2D eigenvalue weighted by Crippen LogP contribution is 2.16. The smallest absolute Gasteiger partial charge is 0.251 e. The van der Waals surface area contributed by atoms with Crippen molar-refractivity contribution in [3.05, 3.63) is 84.4 Å². The maximum atomic E-state index is 12.3. The molecule has 0 atom stereocenters. The summed E-state index contributed by atoms with van der Waals surface area (Å²) in [4.78, 5) is 24.4. The molecular weight excluding hydrogens is 418 g/mol. The van der Waals surface area contributed by atoms with E-state index in [1.807, 2.05) is 61.5 Å². The van der Waals surface area contributed by atoms with Crippen molar-refractivity contribution in [2.45, 2.75) is 13.3 Å². The van der Waals surface area contributed by atoms with E-state index in [4.69, 9.17) is 9.47 Å². The number of rotatable bonds is 12. The van der Waals surface area contributed by atoms with Gasteiger partial charge in [-0.3, -0.25) is 9.59 Å². The van der Waals surface area contributed by atoms with Crippen LogP contribution >= 0.6 is 0 Å². The van der Waals surface area contributed by atoms with Gasteiger partial charge in [0.15, 0.2) is 0 Å². The molecule has 0 saturated carbocycles. The summed E-state index contributed by atoms with van der Waals surface area (Å²) in [6, 6.07) is 23.8. The minimum atomic E-state index is -0.209. The van der Waals surface area contributed by atoms with Crippen LogP contribution in [0.25, 0.3) is 0 Å². The normalized spacial score (nSPS) is 10.2. The molecule has 0 radical (unpaired) electrons. The highest BCUT2D eigenvalue weighted by molar-refractivity contribution is 5.98. The second-order valence-electron chi connectivity index (χ2n) is 7.27. The minimum Gasteiger partial charge on any atom is -0.490 e. The summed E-state index contributed by atoms with van der Waals surface area (Å²) in [5.41, 5.74) is 1.89. The number of hydrogen-bond acceptors (Lipinski definition) is 5. The van der Waals surface area contributed by atoms with Crippen LogP contribution < -0.4 is 25.4 Å². The van der Waals surface area contributed by atoms with E-state index in [0.29, 0.717) is 31.0 Å². The molecule has 0 heterocycles. The molecule has 0 unspecified atom stereocenters. The fraction of sp³-hybridized carbons (Fsp3) is 0.231. The molecule has 7 nitrogen and oxygen atoms in total. The lowest BCUT2D eigenvalue weighted by Gasteiger charge is -2.11. The first-order valence-electron chi connectivity index (χ1n) is 11.0. The molecule has 2 amide bonds. The van der Waals surface area contributed by atoms with Gasteiger partial charge in [0.1, 0.15) is 24.7 Å². The number of para-hydroxylation sites is 1. The highest BCUT2D eigenvalue weighted by atomic mass is 16.5. The van der Waals surface area contributed by atoms with Gasteiger partial charge in [0.2, 0.25) is 5.91 Å². The largest absolute Gasteiger partial charge is 0.490 e. The van der Waals surface area contributed by atoms with Crippen LogP contribution in [0.4, 0.5) is 11.4 Å². The number of benzene rings is 3. The Morgan fingerprint density at radius 3 is 2.18 bits per heavy atom. The van der Waals surface area contributed by atoms with E-state index >= 15 is 0 Å². The van der Waals surface area contributed by atoms with Crippen molar-refractivity contribution in [3.8, 4) is 11.5 Å². The van der Waals surface area contributed by atoms with Crippen molar-refractivity contribution < 1.29 is 19.1 Å². The van der Waals surface area contributed by atoms with E-state index in [2.05, 4.69) is 16.0 Å². The monoisotopic (exact) mass is 447 g/mol. The van der Waals surface area contributed by atoms with Crippen molar-refractivity contribution in [2.75, 3.05) is 36.9 Å². The zero-order valence-corrected chi connectivity index (χ0v) is 18.7. The summed E-state index contributed by atoms with van der Waals surface area (Å²) in [6.07, 6.45) is 0.865. The van der Waals surface area contributed by atoms with E-state index in [0.717, 1.165) is 23.6 Å². The Morgan fingerprint density at radius 1 is 0.788 bits per heavy atom. The van der Waals surface area contributed by atoms with Crippen LogP contribution in [0.2, 0.25) is 0 Å². The van der Waals surface area contributed by atoms with E-state index in [-0.39, 0.29) is 18.4 Å². The molecule has 3 aromatic rings. The quantitative estimate of drug-likeness (QED) is 0.360. The number of nitrogens with one attached hydrogen (secondary N) is 3. The summed E-state index contributed by atoms with van der Waals surface area (Å²) in [6.45, 7) is 3.58. The SMILES string of the molecule is CCCNC(=O)c1cccc(NC(=O)CNc2ccc(OCCOc3ccccc3)cc2)c1. The Morgan fingerprint density at radius 2 is 1.48 bits per heavy atom.